The van der Waals surface area contributed by atoms with Crippen LogP contribution in [0.4, 0.5) is 0 Å². The van der Waals surface area contributed by atoms with Crippen LogP contribution in [0.25, 0.3) is 0 Å². The molecule has 1 atom stereocenters. The van der Waals surface area contributed by atoms with E-state index < -0.39 is 0 Å². The number of piperazine rings is 1. The summed E-state index contributed by atoms with van der Waals surface area (Å²) >= 11 is 0. The Morgan fingerprint density at radius 3 is 2.94 bits per heavy atom. The number of hydrogen-bond donors (Lipinski definition) is 1. The van der Waals surface area contributed by atoms with Gasteiger partial charge in [-0.2, -0.15) is 0 Å². The van der Waals surface area contributed by atoms with Gasteiger partial charge >= 0.3 is 0 Å². The predicted molar refractivity (Wildman–Crippen MR) is 64.8 cm³/mol. The Balaban J connectivity index is 2.01. The van der Waals surface area contributed by atoms with E-state index in [2.05, 4.69) is 31.9 Å². The third kappa shape index (κ3) is 3.02. The van der Waals surface area contributed by atoms with Gasteiger partial charge in [0.05, 0.1) is 12.6 Å². The molecule has 0 bridgehead atoms. The van der Waals surface area contributed by atoms with Crippen molar-refractivity contribution in [3.63, 3.8) is 0 Å². The second kappa shape index (κ2) is 6.09. The third-order valence-electron chi connectivity index (χ3n) is 3.25. The van der Waals surface area contributed by atoms with Gasteiger partial charge in [0.15, 0.2) is 0 Å². The summed E-state index contributed by atoms with van der Waals surface area (Å²) in [4.78, 5) is 2.43. The van der Waals surface area contributed by atoms with Gasteiger partial charge in [0.1, 0.15) is 12.2 Å². The van der Waals surface area contributed by atoms with Gasteiger partial charge in [-0.15, -0.1) is 10.2 Å². The first-order chi connectivity index (χ1) is 8.33. The van der Waals surface area contributed by atoms with Crippen LogP contribution >= 0.6 is 0 Å². The number of rotatable bonds is 5. The van der Waals surface area contributed by atoms with Crippen LogP contribution in [0.3, 0.4) is 0 Å². The van der Waals surface area contributed by atoms with Gasteiger partial charge in [-0.05, 0) is 6.92 Å². The molecule has 2 heterocycles. The van der Waals surface area contributed by atoms with Gasteiger partial charge in [0.25, 0.3) is 0 Å². The van der Waals surface area contributed by atoms with Crippen LogP contribution in [0, 0.1) is 0 Å². The van der Waals surface area contributed by atoms with Crippen LogP contribution in [0.15, 0.2) is 6.33 Å². The van der Waals surface area contributed by atoms with E-state index in [-0.39, 0.29) is 0 Å². The molecule has 0 aliphatic carbocycles. The maximum absolute atomic E-state index is 5.10. The molecule has 0 aromatic carbocycles. The Kier molecular flexibility index (Phi) is 4.47. The first-order valence-electron chi connectivity index (χ1n) is 6.14. The van der Waals surface area contributed by atoms with Crippen molar-refractivity contribution in [2.75, 3.05) is 39.9 Å². The van der Waals surface area contributed by atoms with Crippen LogP contribution in [-0.2, 0) is 11.3 Å². The molecule has 1 fully saturated rings. The lowest BCUT2D eigenvalue weighted by molar-refractivity contribution is 0.164. The van der Waals surface area contributed by atoms with Crippen LogP contribution < -0.4 is 5.32 Å². The lowest BCUT2D eigenvalue weighted by Crippen LogP contribution is -2.45. The molecule has 6 nitrogen and oxygen atoms in total. The van der Waals surface area contributed by atoms with Crippen LogP contribution in [-0.4, -0.2) is 59.6 Å². The minimum Gasteiger partial charge on any atom is -0.383 e. The molecule has 1 aromatic heterocycles. The van der Waals surface area contributed by atoms with Crippen LogP contribution in [0.2, 0.25) is 0 Å². The maximum atomic E-state index is 5.10. The Labute approximate surface area is 102 Å². The molecule has 1 saturated heterocycles. The van der Waals surface area contributed by atoms with Gasteiger partial charge in [0.2, 0.25) is 0 Å². The highest BCUT2D eigenvalue weighted by molar-refractivity contribution is 4.95. The quantitative estimate of drug-likeness (QED) is 0.777. The predicted octanol–water partition coefficient (Wildman–Crippen LogP) is -0.109. The van der Waals surface area contributed by atoms with Crippen molar-refractivity contribution in [1.82, 2.24) is 25.0 Å². The molecule has 1 unspecified atom stereocenters. The SMILES string of the molecule is COCCn1cnnc1C(C)N1CCNCC1. The normalized spacial score (nSPS) is 19.4. The summed E-state index contributed by atoms with van der Waals surface area (Å²) in [6, 6.07) is 0.316. The molecular weight excluding hydrogens is 218 g/mol. The van der Waals surface area contributed by atoms with Crippen molar-refractivity contribution in [2.24, 2.45) is 0 Å². The fourth-order valence-corrected chi connectivity index (χ4v) is 2.18. The summed E-state index contributed by atoms with van der Waals surface area (Å²) < 4.78 is 7.17. The molecule has 0 saturated carbocycles. The Morgan fingerprint density at radius 1 is 1.47 bits per heavy atom. The van der Waals surface area contributed by atoms with Gasteiger partial charge in [-0.3, -0.25) is 4.90 Å². The summed E-state index contributed by atoms with van der Waals surface area (Å²) in [5.74, 6) is 1.03. The highest BCUT2D eigenvalue weighted by Gasteiger charge is 2.21. The zero-order chi connectivity index (χ0) is 12.1. The monoisotopic (exact) mass is 239 g/mol. The van der Waals surface area contributed by atoms with Gasteiger partial charge in [-0.1, -0.05) is 0 Å². The summed E-state index contributed by atoms with van der Waals surface area (Å²) in [5, 5.41) is 11.6. The lowest BCUT2D eigenvalue weighted by Gasteiger charge is -2.32. The lowest BCUT2D eigenvalue weighted by atomic mass is 10.2. The number of nitrogens with zero attached hydrogens (tertiary/aromatic N) is 4. The average molecular weight is 239 g/mol. The average Bonchev–Trinajstić information content (AvgIpc) is 2.84. The third-order valence-corrected chi connectivity index (χ3v) is 3.25. The van der Waals surface area contributed by atoms with Crippen molar-refractivity contribution < 1.29 is 4.74 Å². The van der Waals surface area contributed by atoms with E-state index in [4.69, 9.17) is 4.74 Å². The molecule has 1 aliphatic heterocycles. The highest BCUT2D eigenvalue weighted by atomic mass is 16.5. The highest BCUT2D eigenvalue weighted by Crippen LogP contribution is 2.17. The second-order valence-electron chi connectivity index (χ2n) is 4.34. The van der Waals surface area contributed by atoms with Crippen LogP contribution in [0.1, 0.15) is 18.8 Å². The van der Waals surface area contributed by atoms with E-state index in [0.717, 1.165) is 38.5 Å². The molecule has 96 valence electrons. The van der Waals surface area contributed by atoms with Crippen molar-refractivity contribution >= 4 is 0 Å². The Hall–Kier alpha value is -0.980. The first kappa shape index (κ1) is 12.5. The smallest absolute Gasteiger partial charge is 0.149 e. The Bertz CT molecular complexity index is 334. The number of aromatic nitrogens is 3. The zero-order valence-electron chi connectivity index (χ0n) is 10.6. The van der Waals surface area contributed by atoms with Crippen molar-refractivity contribution in [2.45, 2.75) is 19.5 Å². The summed E-state index contributed by atoms with van der Waals surface area (Å²) in [6.07, 6.45) is 1.78. The molecule has 6 heteroatoms. The van der Waals surface area contributed by atoms with Gasteiger partial charge in [0, 0.05) is 39.8 Å². The maximum Gasteiger partial charge on any atom is 0.149 e. The largest absolute Gasteiger partial charge is 0.383 e. The van der Waals surface area contributed by atoms with Crippen molar-refractivity contribution in [3.8, 4) is 0 Å². The van der Waals surface area contributed by atoms with Gasteiger partial charge in [-0.25, -0.2) is 0 Å². The van der Waals surface area contributed by atoms with Gasteiger partial charge < -0.3 is 14.6 Å². The van der Waals surface area contributed by atoms with E-state index in [0.29, 0.717) is 12.6 Å². The number of methoxy groups -OCH3 is 1. The van der Waals surface area contributed by atoms with Crippen molar-refractivity contribution in [3.05, 3.63) is 12.2 Å². The molecule has 2 rings (SSSR count). The van der Waals surface area contributed by atoms with E-state index in [1.54, 1.807) is 13.4 Å². The molecule has 1 aliphatic rings. The second-order valence-corrected chi connectivity index (χ2v) is 4.34. The zero-order valence-corrected chi connectivity index (χ0v) is 10.6. The number of nitrogens with one attached hydrogen (secondary N) is 1. The topological polar surface area (TPSA) is 55.2 Å². The van der Waals surface area contributed by atoms with Crippen molar-refractivity contribution in [1.29, 1.82) is 0 Å². The molecule has 0 amide bonds. The minimum atomic E-state index is 0.316. The van der Waals surface area contributed by atoms with E-state index >= 15 is 0 Å². The summed E-state index contributed by atoms with van der Waals surface area (Å²) in [5.41, 5.74) is 0. The molecule has 1 aromatic rings. The Morgan fingerprint density at radius 2 is 2.24 bits per heavy atom. The minimum absolute atomic E-state index is 0.316. The summed E-state index contributed by atoms with van der Waals surface area (Å²) in [6.45, 7) is 7.94. The van der Waals surface area contributed by atoms with E-state index in [1.807, 2.05) is 0 Å². The molecule has 1 N–H and O–H groups in total. The standard InChI is InChI=1S/C11H21N5O/c1-10(15-5-3-12-4-6-15)11-14-13-9-16(11)7-8-17-2/h9-10,12H,3-8H2,1-2H3. The molecule has 0 spiro atoms. The molecular formula is C11H21N5O. The number of ether oxygens (including phenoxy) is 1. The molecule has 17 heavy (non-hydrogen) atoms. The summed E-state index contributed by atoms with van der Waals surface area (Å²) in [7, 11) is 1.71. The van der Waals surface area contributed by atoms with E-state index in [9.17, 15) is 0 Å². The molecule has 0 radical (unpaired) electrons. The first-order valence-corrected chi connectivity index (χ1v) is 6.14. The van der Waals surface area contributed by atoms with E-state index in [1.165, 1.54) is 0 Å². The fraction of sp³-hybridized carbons (Fsp3) is 0.818. The van der Waals surface area contributed by atoms with Crippen LogP contribution in [0.5, 0.6) is 0 Å². The fourth-order valence-electron chi connectivity index (χ4n) is 2.18. The number of hydrogen-bond acceptors (Lipinski definition) is 5.